The molecule has 138 valence electrons. The molecule has 0 radical (unpaired) electrons. The van der Waals surface area contributed by atoms with Crippen LogP contribution in [0.1, 0.15) is 25.0 Å². The molecule has 3 aliphatic carbocycles. The van der Waals surface area contributed by atoms with Gasteiger partial charge in [0, 0.05) is 17.1 Å². The number of hydrogen-bond acceptors (Lipinski definition) is 6. The van der Waals surface area contributed by atoms with Crippen molar-refractivity contribution in [2.24, 2.45) is 0 Å². The maximum atomic E-state index is 13.4. The molecule has 9 heteroatoms. The molecule has 2 bridgehead atoms. The number of amides is 1. The summed E-state index contributed by atoms with van der Waals surface area (Å²) in [7, 11) is 0. The van der Waals surface area contributed by atoms with Crippen LogP contribution in [0, 0.1) is 17.1 Å². The summed E-state index contributed by atoms with van der Waals surface area (Å²) in [5.41, 5.74) is -0.0970. The highest BCUT2D eigenvalue weighted by molar-refractivity contribution is 6.30. The second kappa shape index (κ2) is 6.35. The van der Waals surface area contributed by atoms with E-state index >= 15 is 0 Å². The summed E-state index contributed by atoms with van der Waals surface area (Å²) in [6.45, 7) is -0.195. The van der Waals surface area contributed by atoms with Crippen molar-refractivity contribution in [1.29, 1.82) is 5.26 Å². The number of hydrogen-bond donors (Lipinski definition) is 2. The zero-order valence-corrected chi connectivity index (χ0v) is 14.9. The molecule has 7 nitrogen and oxygen atoms in total. The minimum Gasteiger partial charge on any atom is -0.484 e. The van der Waals surface area contributed by atoms with Gasteiger partial charge < -0.3 is 15.4 Å². The molecular formula is C18H15ClFN5O2. The Balaban J connectivity index is 1.26. The van der Waals surface area contributed by atoms with Crippen LogP contribution in [-0.2, 0) is 4.79 Å². The molecular weight excluding hydrogens is 373 g/mol. The molecule has 0 saturated heterocycles. The van der Waals surface area contributed by atoms with Gasteiger partial charge >= 0.3 is 0 Å². The van der Waals surface area contributed by atoms with Gasteiger partial charge in [-0.2, -0.15) is 5.26 Å². The molecule has 27 heavy (non-hydrogen) atoms. The van der Waals surface area contributed by atoms with Crippen LogP contribution >= 0.6 is 11.6 Å². The predicted octanol–water partition coefficient (Wildman–Crippen LogP) is 2.42. The minimum atomic E-state index is -0.592. The molecule has 0 aliphatic heterocycles. The number of nitriles is 1. The van der Waals surface area contributed by atoms with E-state index in [4.69, 9.17) is 21.6 Å². The minimum absolute atomic E-state index is 0.00321. The van der Waals surface area contributed by atoms with E-state index in [0.29, 0.717) is 5.82 Å². The van der Waals surface area contributed by atoms with Crippen molar-refractivity contribution in [3.8, 4) is 11.8 Å². The lowest BCUT2D eigenvalue weighted by molar-refractivity contribution is -0.135. The van der Waals surface area contributed by atoms with Crippen LogP contribution in [0.25, 0.3) is 0 Å². The maximum absolute atomic E-state index is 13.4. The van der Waals surface area contributed by atoms with E-state index in [1.807, 2.05) is 6.07 Å². The third-order valence-electron chi connectivity index (χ3n) is 4.84. The lowest BCUT2D eigenvalue weighted by Gasteiger charge is -2.70. The van der Waals surface area contributed by atoms with Crippen molar-refractivity contribution in [1.82, 2.24) is 15.3 Å². The highest BCUT2D eigenvalue weighted by atomic mass is 35.5. The van der Waals surface area contributed by atoms with Crippen molar-refractivity contribution < 1.29 is 13.9 Å². The second-order valence-electron chi connectivity index (χ2n) is 7.03. The summed E-state index contributed by atoms with van der Waals surface area (Å²) < 4.78 is 18.7. The van der Waals surface area contributed by atoms with Crippen LogP contribution in [0.5, 0.6) is 5.75 Å². The van der Waals surface area contributed by atoms with Gasteiger partial charge in [0.25, 0.3) is 5.91 Å². The van der Waals surface area contributed by atoms with Gasteiger partial charge in [0.2, 0.25) is 0 Å². The van der Waals surface area contributed by atoms with Gasteiger partial charge in [0.1, 0.15) is 23.5 Å². The molecule has 1 aromatic heterocycles. The van der Waals surface area contributed by atoms with E-state index in [2.05, 4.69) is 20.6 Å². The number of carbonyl (C=O) groups is 1. The monoisotopic (exact) mass is 387 g/mol. The van der Waals surface area contributed by atoms with Crippen molar-refractivity contribution in [2.75, 3.05) is 11.9 Å². The number of rotatable bonds is 6. The third-order valence-corrected chi connectivity index (χ3v) is 5.14. The predicted molar refractivity (Wildman–Crippen MR) is 94.7 cm³/mol. The molecule has 0 spiro atoms. The van der Waals surface area contributed by atoms with E-state index in [-0.39, 0.29) is 40.1 Å². The molecule has 1 aromatic carbocycles. The first kappa shape index (κ1) is 17.5. The number of halogens is 2. The van der Waals surface area contributed by atoms with E-state index in [1.54, 1.807) is 6.20 Å². The molecule has 2 aromatic rings. The Morgan fingerprint density at radius 2 is 2.11 bits per heavy atom. The first-order valence-electron chi connectivity index (χ1n) is 8.30. The number of aromatic nitrogens is 2. The Labute approximate surface area is 159 Å². The van der Waals surface area contributed by atoms with Crippen molar-refractivity contribution in [2.45, 2.75) is 30.3 Å². The molecule has 0 atom stereocenters. The Morgan fingerprint density at radius 1 is 1.33 bits per heavy atom. The van der Waals surface area contributed by atoms with E-state index < -0.39 is 5.82 Å². The standard InChI is InChI=1S/C18H15ClFN5O2/c19-13-2-1-12(3-14(13)20)27-7-16(26)25-18-8-17(9-18,10-18)24-15-6-22-5-11(4-21)23-15/h1-3,5-6H,7-10H2,(H,23,24)(H,25,26). The fourth-order valence-corrected chi connectivity index (χ4v) is 3.97. The second-order valence-corrected chi connectivity index (χ2v) is 7.44. The fourth-order valence-electron chi connectivity index (χ4n) is 3.85. The molecule has 3 aliphatic rings. The molecule has 3 fully saturated rings. The van der Waals surface area contributed by atoms with Crippen LogP contribution in [0.4, 0.5) is 10.2 Å². The van der Waals surface area contributed by atoms with Gasteiger partial charge in [-0.3, -0.25) is 9.78 Å². The highest BCUT2D eigenvalue weighted by Crippen LogP contribution is 2.61. The van der Waals surface area contributed by atoms with Crippen LogP contribution in [0.2, 0.25) is 5.02 Å². The SMILES string of the molecule is N#Cc1cncc(NC23CC(NC(=O)COc4ccc(Cl)c(F)c4)(C2)C3)n1. The number of nitrogens with zero attached hydrogens (tertiary/aromatic N) is 3. The number of ether oxygens (including phenoxy) is 1. The number of carbonyl (C=O) groups excluding carboxylic acids is 1. The van der Waals surface area contributed by atoms with Gasteiger partial charge in [-0.25, -0.2) is 9.37 Å². The van der Waals surface area contributed by atoms with Gasteiger partial charge in [0.15, 0.2) is 12.3 Å². The lowest BCUT2D eigenvalue weighted by Crippen LogP contribution is -2.81. The number of anilines is 1. The summed E-state index contributed by atoms with van der Waals surface area (Å²) in [6, 6.07) is 5.99. The number of benzene rings is 1. The first-order chi connectivity index (χ1) is 12.9. The first-order valence-corrected chi connectivity index (χ1v) is 8.68. The van der Waals surface area contributed by atoms with Crippen LogP contribution in [0.15, 0.2) is 30.6 Å². The highest BCUT2D eigenvalue weighted by Gasteiger charge is 2.68. The summed E-state index contributed by atoms with van der Waals surface area (Å²) >= 11 is 5.61. The van der Waals surface area contributed by atoms with Crippen molar-refractivity contribution in [3.05, 3.63) is 47.1 Å². The summed E-state index contributed by atoms with van der Waals surface area (Å²) in [5.74, 6) is -0.0454. The molecule has 1 heterocycles. The third kappa shape index (κ3) is 3.38. The molecule has 3 saturated carbocycles. The van der Waals surface area contributed by atoms with Gasteiger partial charge in [-0.05, 0) is 31.4 Å². The summed E-state index contributed by atoms with van der Waals surface area (Å²) in [5, 5.41) is 15.2. The van der Waals surface area contributed by atoms with Gasteiger partial charge in [0.05, 0.1) is 17.4 Å². The normalized spacial score (nSPS) is 24.8. The Kier molecular flexibility index (Phi) is 4.12. The maximum Gasteiger partial charge on any atom is 0.258 e. The van der Waals surface area contributed by atoms with E-state index in [9.17, 15) is 9.18 Å². The van der Waals surface area contributed by atoms with Crippen molar-refractivity contribution >= 4 is 23.3 Å². The van der Waals surface area contributed by atoms with Crippen LogP contribution in [-0.4, -0.2) is 33.6 Å². The molecule has 0 unspecified atom stereocenters. The fraction of sp³-hybridized carbons (Fsp3) is 0.333. The zero-order chi connectivity index (χ0) is 19.1. The Hall–Kier alpha value is -2.92. The Morgan fingerprint density at radius 3 is 2.81 bits per heavy atom. The lowest BCUT2D eigenvalue weighted by atomic mass is 9.44. The average molecular weight is 388 g/mol. The van der Waals surface area contributed by atoms with Crippen LogP contribution < -0.4 is 15.4 Å². The average Bonchev–Trinajstić information content (AvgIpc) is 2.60. The smallest absolute Gasteiger partial charge is 0.258 e. The molecule has 5 rings (SSSR count). The topological polar surface area (TPSA) is 99.9 Å². The molecule has 2 N–H and O–H groups in total. The van der Waals surface area contributed by atoms with Crippen LogP contribution in [0.3, 0.4) is 0 Å². The summed E-state index contributed by atoms with van der Waals surface area (Å²) in [4.78, 5) is 20.3. The van der Waals surface area contributed by atoms with Crippen molar-refractivity contribution in [3.63, 3.8) is 0 Å². The van der Waals surface area contributed by atoms with Gasteiger partial charge in [-0.1, -0.05) is 11.6 Å². The quantitative estimate of drug-likeness (QED) is 0.789. The molecule has 1 amide bonds. The van der Waals surface area contributed by atoms with Gasteiger partial charge in [-0.15, -0.1) is 0 Å². The van der Waals surface area contributed by atoms with E-state index in [0.717, 1.165) is 25.3 Å². The number of nitrogens with one attached hydrogen (secondary N) is 2. The zero-order valence-electron chi connectivity index (χ0n) is 14.1. The van der Waals surface area contributed by atoms with E-state index in [1.165, 1.54) is 18.3 Å². The Bertz CT molecular complexity index is 941. The largest absolute Gasteiger partial charge is 0.484 e. The summed E-state index contributed by atoms with van der Waals surface area (Å²) in [6.07, 6.45) is 5.27.